The number of carbonyl (C=O) groups is 1. The minimum Gasteiger partial charge on any atom is -0.459 e. The van der Waals surface area contributed by atoms with Crippen LogP contribution in [0.2, 0.25) is 0 Å². The van der Waals surface area contributed by atoms with Crippen molar-refractivity contribution in [3.05, 3.63) is 12.2 Å². The van der Waals surface area contributed by atoms with Gasteiger partial charge in [-0.25, -0.2) is 4.79 Å². The van der Waals surface area contributed by atoms with E-state index >= 15 is 0 Å². The van der Waals surface area contributed by atoms with Crippen LogP contribution in [0.15, 0.2) is 12.2 Å². The number of hydrogen-bond acceptors (Lipinski definition) is 3. The summed E-state index contributed by atoms with van der Waals surface area (Å²) in [6.07, 6.45) is 1.64. The van der Waals surface area contributed by atoms with Gasteiger partial charge >= 0.3 is 5.97 Å². The molecule has 1 aliphatic rings. The monoisotopic (exact) mass is 170 g/mol. The number of hydrogen-bond donors (Lipinski definition) is 0. The molecule has 1 heterocycles. The molecule has 0 aromatic carbocycles. The fourth-order valence-electron chi connectivity index (χ4n) is 1.05. The molecular weight excluding hydrogens is 156 g/mol. The Bertz CT molecular complexity index is 180. The second kappa shape index (κ2) is 4.26. The van der Waals surface area contributed by atoms with Gasteiger partial charge in [-0.15, -0.1) is 0 Å². The smallest absolute Gasteiger partial charge is 0.333 e. The third kappa shape index (κ3) is 2.66. The van der Waals surface area contributed by atoms with Crippen molar-refractivity contribution in [2.45, 2.75) is 25.9 Å². The van der Waals surface area contributed by atoms with Crippen molar-refractivity contribution in [3.8, 4) is 0 Å². The number of ether oxygens (including phenoxy) is 2. The lowest BCUT2D eigenvalue weighted by molar-refractivity contribution is -0.148. The summed E-state index contributed by atoms with van der Waals surface area (Å²) in [7, 11) is 0. The fraction of sp³-hybridized carbons (Fsp3) is 0.667. The highest BCUT2D eigenvalue weighted by molar-refractivity contribution is 5.87. The summed E-state index contributed by atoms with van der Waals surface area (Å²) in [5, 5.41) is 0. The standard InChI is InChI=1S/C9H14O3/c1-7(2)9(10)12-8-3-5-11-6-4-8/h8H,1,3-6H2,2H3. The van der Waals surface area contributed by atoms with Crippen molar-refractivity contribution < 1.29 is 14.3 Å². The summed E-state index contributed by atoms with van der Waals surface area (Å²) in [4.78, 5) is 11.0. The van der Waals surface area contributed by atoms with Crippen molar-refractivity contribution >= 4 is 5.97 Å². The molecule has 68 valence electrons. The zero-order chi connectivity index (χ0) is 8.97. The highest BCUT2D eigenvalue weighted by Crippen LogP contribution is 2.11. The number of carbonyl (C=O) groups excluding carboxylic acids is 1. The Hall–Kier alpha value is -0.830. The van der Waals surface area contributed by atoms with Gasteiger partial charge in [-0.1, -0.05) is 6.58 Å². The Morgan fingerprint density at radius 3 is 2.58 bits per heavy atom. The molecule has 0 unspecified atom stereocenters. The average Bonchev–Trinajstić information content (AvgIpc) is 2.06. The quantitative estimate of drug-likeness (QED) is 0.462. The summed E-state index contributed by atoms with van der Waals surface area (Å²) < 4.78 is 10.3. The topological polar surface area (TPSA) is 35.5 Å². The van der Waals surface area contributed by atoms with E-state index in [-0.39, 0.29) is 12.1 Å². The predicted molar refractivity (Wildman–Crippen MR) is 44.7 cm³/mol. The first-order valence-electron chi connectivity index (χ1n) is 4.14. The van der Waals surface area contributed by atoms with Crippen LogP contribution < -0.4 is 0 Å². The first kappa shape index (κ1) is 9.26. The lowest BCUT2D eigenvalue weighted by Gasteiger charge is -2.22. The van der Waals surface area contributed by atoms with Gasteiger partial charge in [0.05, 0.1) is 13.2 Å². The van der Waals surface area contributed by atoms with Gasteiger partial charge in [0.25, 0.3) is 0 Å². The van der Waals surface area contributed by atoms with Gasteiger partial charge in [-0.3, -0.25) is 0 Å². The van der Waals surface area contributed by atoms with E-state index in [4.69, 9.17) is 9.47 Å². The van der Waals surface area contributed by atoms with Crippen molar-refractivity contribution in [2.75, 3.05) is 13.2 Å². The summed E-state index contributed by atoms with van der Waals surface area (Å²) in [6, 6.07) is 0. The molecule has 0 saturated carbocycles. The van der Waals surface area contributed by atoms with Gasteiger partial charge in [0, 0.05) is 18.4 Å². The van der Waals surface area contributed by atoms with Gasteiger partial charge in [-0.05, 0) is 6.92 Å². The second-order valence-corrected chi connectivity index (χ2v) is 3.00. The zero-order valence-electron chi connectivity index (χ0n) is 7.34. The Morgan fingerprint density at radius 2 is 2.08 bits per heavy atom. The van der Waals surface area contributed by atoms with Gasteiger partial charge < -0.3 is 9.47 Å². The first-order valence-corrected chi connectivity index (χ1v) is 4.14. The van der Waals surface area contributed by atoms with Gasteiger partial charge in [0.2, 0.25) is 0 Å². The molecule has 0 bridgehead atoms. The number of esters is 1. The van der Waals surface area contributed by atoms with Crippen molar-refractivity contribution in [1.82, 2.24) is 0 Å². The maximum Gasteiger partial charge on any atom is 0.333 e. The van der Waals surface area contributed by atoms with Crippen LogP contribution in [-0.2, 0) is 14.3 Å². The predicted octanol–water partition coefficient (Wildman–Crippen LogP) is 1.28. The molecular formula is C9H14O3. The minimum atomic E-state index is -0.290. The first-order chi connectivity index (χ1) is 5.70. The van der Waals surface area contributed by atoms with E-state index in [1.165, 1.54) is 0 Å². The van der Waals surface area contributed by atoms with Crippen molar-refractivity contribution in [3.63, 3.8) is 0 Å². The SMILES string of the molecule is C=C(C)C(=O)OC1CCOCC1. The largest absolute Gasteiger partial charge is 0.459 e. The molecule has 1 rings (SSSR count). The molecule has 0 amide bonds. The van der Waals surface area contributed by atoms with Crippen LogP contribution in [0.25, 0.3) is 0 Å². The molecule has 0 spiro atoms. The van der Waals surface area contributed by atoms with E-state index < -0.39 is 0 Å². The van der Waals surface area contributed by atoms with Crippen LogP contribution in [0, 0.1) is 0 Å². The zero-order valence-corrected chi connectivity index (χ0v) is 7.34. The highest BCUT2D eigenvalue weighted by atomic mass is 16.6. The van der Waals surface area contributed by atoms with E-state index in [1.54, 1.807) is 6.92 Å². The van der Waals surface area contributed by atoms with E-state index in [1.807, 2.05) is 0 Å². The molecule has 3 nitrogen and oxygen atoms in total. The second-order valence-electron chi connectivity index (χ2n) is 3.00. The molecule has 1 aliphatic heterocycles. The van der Waals surface area contributed by atoms with E-state index in [9.17, 15) is 4.79 Å². The Morgan fingerprint density at radius 1 is 1.50 bits per heavy atom. The third-order valence-electron chi connectivity index (χ3n) is 1.79. The molecule has 12 heavy (non-hydrogen) atoms. The van der Waals surface area contributed by atoms with Crippen molar-refractivity contribution in [1.29, 1.82) is 0 Å². The molecule has 3 heteroatoms. The van der Waals surface area contributed by atoms with Crippen LogP contribution >= 0.6 is 0 Å². The molecule has 1 fully saturated rings. The summed E-state index contributed by atoms with van der Waals surface area (Å²) >= 11 is 0. The van der Waals surface area contributed by atoms with E-state index in [0.717, 1.165) is 12.8 Å². The maximum atomic E-state index is 11.0. The van der Waals surface area contributed by atoms with Crippen LogP contribution in [-0.4, -0.2) is 25.3 Å². The van der Waals surface area contributed by atoms with E-state index in [2.05, 4.69) is 6.58 Å². The molecule has 1 saturated heterocycles. The Balaban J connectivity index is 2.29. The molecule has 0 aromatic heterocycles. The van der Waals surface area contributed by atoms with Crippen LogP contribution in [0.3, 0.4) is 0 Å². The van der Waals surface area contributed by atoms with E-state index in [0.29, 0.717) is 18.8 Å². The molecule has 0 aromatic rings. The highest BCUT2D eigenvalue weighted by Gasteiger charge is 2.17. The molecule has 0 atom stereocenters. The average molecular weight is 170 g/mol. The third-order valence-corrected chi connectivity index (χ3v) is 1.79. The van der Waals surface area contributed by atoms with Gasteiger partial charge in [-0.2, -0.15) is 0 Å². The summed E-state index contributed by atoms with van der Waals surface area (Å²) in [5.41, 5.74) is 0.460. The normalized spacial score (nSPS) is 18.8. The number of rotatable bonds is 2. The van der Waals surface area contributed by atoms with Gasteiger partial charge in [0.15, 0.2) is 0 Å². The summed E-state index contributed by atoms with van der Waals surface area (Å²) in [6.45, 7) is 6.55. The minimum absolute atomic E-state index is 0.0305. The lowest BCUT2D eigenvalue weighted by atomic mass is 10.1. The molecule has 0 aliphatic carbocycles. The van der Waals surface area contributed by atoms with Crippen molar-refractivity contribution in [2.24, 2.45) is 0 Å². The fourth-order valence-corrected chi connectivity index (χ4v) is 1.05. The Labute approximate surface area is 72.4 Å². The van der Waals surface area contributed by atoms with Crippen LogP contribution in [0.5, 0.6) is 0 Å². The Kier molecular flexibility index (Phi) is 3.29. The summed E-state index contributed by atoms with van der Waals surface area (Å²) in [5.74, 6) is -0.290. The van der Waals surface area contributed by atoms with Crippen LogP contribution in [0.1, 0.15) is 19.8 Å². The molecule has 0 N–H and O–H groups in total. The van der Waals surface area contributed by atoms with Crippen LogP contribution in [0.4, 0.5) is 0 Å². The maximum absolute atomic E-state index is 11.0. The van der Waals surface area contributed by atoms with Gasteiger partial charge in [0.1, 0.15) is 6.10 Å². The lowest BCUT2D eigenvalue weighted by Crippen LogP contribution is -2.26. The molecule has 0 radical (unpaired) electrons.